The minimum absolute atomic E-state index is 0.0360. The summed E-state index contributed by atoms with van der Waals surface area (Å²) in [4.78, 5) is 97.5. The second kappa shape index (κ2) is 21.7. The highest BCUT2D eigenvalue weighted by Crippen LogP contribution is 2.62. The molecule has 0 radical (unpaired) electrons. The number of ether oxygens (including phenoxy) is 4. The molecule has 3 aliphatic rings. The van der Waals surface area contributed by atoms with Crippen LogP contribution < -0.4 is 43.5 Å². The Labute approximate surface area is 443 Å². The lowest BCUT2D eigenvalue weighted by molar-refractivity contribution is -0.745. The van der Waals surface area contributed by atoms with Gasteiger partial charge in [0.2, 0.25) is 23.6 Å². The van der Waals surface area contributed by atoms with Crippen molar-refractivity contribution in [3.8, 4) is 0 Å². The number of nitrogens with zero attached hydrogens (tertiary/aromatic N) is 10. The fourth-order valence-corrected chi connectivity index (χ4v) is 14.3. The number of anilines is 4. The van der Waals surface area contributed by atoms with E-state index in [4.69, 9.17) is 64.2 Å². The van der Waals surface area contributed by atoms with E-state index in [-0.39, 0.29) is 57.2 Å². The van der Waals surface area contributed by atoms with E-state index in [0.29, 0.717) is 6.26 Å². The molecule has 0 spiro atoms. The Morgan fingerprint density at radius 2 is 1.31 bits per heavy atom. The van der Waals surface area contributed by atoms with E-state index in [1.807, 2.05) is 0 Å². The van der Waals surface area contributed by atoms with Crippen LogP contribution in [0.5, 0.6) is 0 Å². The van der Waals surface area contributed by atoms with E-state index >= 15 is 0 Å². The molecule has 0 aromatic carbocycles. The van der Waals surface area contributed by atoms with Crippen molar-refractivity contribution >= 4 is 98.4 Å². The van der Waals surface area contributed by atoms with Crippen molar-refractivity contribution in [1.82, 2.24) is 58.4 Å². The number of hydrogen-bond donors (Lipinski definition) is 14. The molecule has 9 heterocycles. The lowest BCUT2D eigenvalue weighted by Gasteiger charge is -2.26. The number of aromatic nitrogens is 12. The lowest BCUT2D eigenvalue weighted by Crippen LogP contribution is -2.46. The van der Waals surface area contributed by atoms with Gasteiger partial charge < -0.3 is 76.8 Å². The Hall–Kier alpha value is -5.40. The molecule has 9 rings (SSSR count). The van der Waals surface area contributed by atoms with E-state index in [1.165, 1.54) is 17.9 Å². The number of phosphoric ester groups is 2. The highest BCUT2D eigenvalue weighted by Gasteiger charge is 2.54. The molecular formula is C33H48N17O25P4S+. The highest BCUT2D eigenvalue weighted by atomic mass is 32.2. The number of phosphoric acid groups is 2. The van der Waals surface area contributed by atoms with E-state index < -0.39 is 146 Å². The number of H-pyrrole nitrogens is 2. The molecule has 4 unspecified atom stereocenters. The molecule has 440 valence electrons. The number of fused-ring (bicyclic) bond motifs is 3. The number of methoxy groups -OCH3 is 1. The maximum Gasteiger partial charge on any atom is 0.480 e. The zero-order valence-electron chi connectivity index (χ0n) is 40.7. The number of nitrogen functional groups attached to an aromatic ring is 4. The van der Waals surface area contributed by atoms with Gasteiger partial charge in [-0.15, -0.1) is 4.86 Å². The van der Waals surface area contributed by atoms with Gasteiger partial charge >= 0.3 is 36.8 Å². The highest BCUT2D eigenvalue weighted by molar-refractivity contribution is 7.86. The van der Waals surface area contributed by atoms with Crippen molar-refractivity contribution in [2.45, 2.75) is 73.6 Å². The van der Waals surface area contributed by atoms with Gasteiger partial charge in [-0.1, -0.05) is 4.98 Å². The number of rotatable bonds is 21. The molecule has 3 saturated heterocycles. The Bertz CT molecular complexity index is 3810. The van der Waals surface area contributed by atoms with Gasteiger partial charge in [-0.3, -0.25) is 55.5 Å². The molecule has 47 heteroatoms. The van der Waals surface area contributed by atoms with Gasteiger partial charge in [0.15, 0.2) is 41.4 Å². The van der Waals surface area contributed by atoms with E-state index in [1.54, 1.807) is 0 Å². The van der Waals surface area contributed by atoms with Crippen molar-refractivity contribution < 1.29 is 112 Å². The van der Waals surface area contributed by atoms with Gasteiger partial charge in [-0.2, -0.15) is 27.7 Å². The molecule has 80 heavy (non-hydrogen) atoms. The first kappa shape index (κ1) is 59.2. The monoisotopic (exact) mass is 1240 g/mol. The van der Waals surface area contributed by atoms with Crippen LogP contribution in [0.2, 0.25) is 0 Å². The first-order valence-corrected chi connectivity index (χ1v) is 30.3. The van der Waals surface area contributed by atoms with Crippen molar-refractivity contribution in [2.24, 2.45) is 7.05 Å². The van der Waals surface area contributed by atoms with Crippen molar-refractivity contribution in [1.29, 1.82) is 0 Å². The topological polar surface area (TPSA) is 614 Å². The molecule has 3 aliphatic heterocycles. The van der Waals surface area contributed by atoms with E-state index in [9.17, 15) is 71.2 Å². The number of nitrogens with two attached hydrogens (primary N) is 4. The first-order valence-electron chi connectivity index (χ1n) is 22.3. The zero-order chi connectivity index (χ0) is 58.3. The fraction of sp³-hybridized carbons (Fsp3) is 0.545. The molecule has 3 fully saturated rings. The number of aliphatic hydroxyl groups is 3. The van der Waals surface area contributed by atoms with Crippen LogP contribution >= 0.6 is 31.1 Å². The second-order valence-corrected chi connectivity index (χ2v) is 25.6. The first-order chi connectivity index (χ1) is 37.2. The third-order valence-corrected chi connectivity index (χ3v) is 18.2. The molecule has 6 aromatic rings. The molecule has 0 saturated carbocycles. The quantitative estimate of drug-likeness (QED) is 0.0182. The minimum atomic E-state index is -6.07. The number of imidazole rings is 3. The predicted octanol–water partition coefficient (Wildman–Crippen LogP) is -5.57. The number of aromatic amines is 2. The summed E-state index contributed by atoms with van der Waals surface area (Å²) in [7, 11) is -25.3. The van der Waals surface area contributed by atoms with E-state index in [2.05, 4.69) is 44.2 Å². The van der Waals surface area contributed by atoms with Crippen molar-refractivity contribution in [2.75, 3.05) is 56.1 Å². The average Bonchev–Trinajstić information content (AvgIpc) is 4.39. The van der Waals surface area contributed by atoms with Crippen LogP contribution in [-0.4, -0.2) is 185 Å². The predicted molar refractivity (Wildman–Crippen MR) is 259 cm³/mol. The van der Waals surface area contributed by atoms with Crippen LogP contribution in [0.1, 0.15) is 18.7 Å². The van der Waals surface area contributed by atoms with Gasteiger partial charge in [0.1, 0.15) is 60.5 Å². The van der Waals surface area contributed by atoms with E-state index in [0.717, 1.165) is 38.3 Å². The van der Waals surface area contributed by atoms with Gasteiger partial charge in [0, 0.05) is 7.11 Å². The largest absolute Gasteiger partial charge is 0.480 e. The molecule has 6 aromatic heterocycles. The lowest BCUT2D eigenvalue weighted by atomic mass is 10.1. The van der Waals surface area contributed by atoms with Crippen LogP contribution in [0.4, 0.5) is 23.7 Å². The smallest absolute Gasteiger partial charge is 0.387 e. The average molecular weight is 1240 g/mol. The molecule has 18 N–H and O–H groups in total. The summed E-state index contributed by atoms with van der Waals surface area (Å²) in [6.45, 7) is -3.55. The Morgan fingerprint density at radius 3 is 2.00 bits per heavy atom. The van der Waals surface area contributed by atoms with Gasteiger partial charge in [0.25, 0.3) is 27.2 Å². The maximum atomic E-state index is 13.8. The molecule has 0 amide bonds. The summed E-state index contributed by atoms with van der Waals surface area (Å²) < 4.78 is 135. The summed E-state index contributed by atoms with van der Waals surface area (Å²) in [6.07, 6.45) is -17.2. The summed E-state index contributed by atoms with van der Waals surface area (Å²) >= 11 is 0. The summed E-state index contributed by atoms with van der Waals surface area (Å²) in [6, 6.07) is 0. The van der Waals surface area contributed by atoms with Crippen LogP contribution in [0, 0.1) is 0 Å². The molecule has 0 aliphatic carbocycles. The normalized spacial score (nSPS) is 29.5. The maximum absolute atomic E-state index is 13.8. The Kier molecular flexibility index (Phi) is 16.1. The van der Waals surface area contributed by atoms with Crippen molar-refractivity contribution in [3.05, 3.63) is 39.7 Å². The number of nitrogens with one attached hydrogen (secondary N) is 3. The Morgan fingerprint density at radius 1 is 0.725 bits per heavy atom. The van der Waals surface area contributed by atoms with Gasteiger partial charge in [-0.25, -0.2) is 32.8 Å². The summed E-state index contributed by atoms with van der Waals surface area (Å²) in [5.41, 5.74) is 20.8. The van der Waals surface area contributed by atoms with Crippen LogP contribution in [0.15, 0.2) is 28.6 Å². The van der Waals surface area contributed by atoms with Crippen LogP contribution in [0.25, 0.3) is 33.5 Å². The molecule has 42 nitrogen and oxygen atoms in total. The SMILES string of the molecule is CO[C@@H]1[C@H](OP(=O)(O)OC[C@H]2O[C@@H](n3cnc4c(=O)[nH]c(N)nc43)[C@H](O)[C@@H]2O)[C@@H](COP(=O)(O)NP(=O)(O)OP(=O)(O)OC[C@H]2O[C@@H]([n+]3cn(C)c4c(=O)[nH]c(N)nc43)[C@H](O)[C@@H]2OS(C)(=O)=O)O[C@H]1n1cnc2c(N)nc(N)nc21. The zero-order valence-corrected chi connectivity index (χ0v) is 45.1. The third kappa shape index (κ3) is 12.2. The fourth-order valence-electron chi connectivity index (χ4n) is 8.74. The van der Waals surface area contributed by atoms with Gasteiger partial charge in [0.05, 0.1) is 45.8 Å². The summed E-state index contributed by atoms with van der Waals surface area (Å²) in [5.74, 6) is -1.26. The van der Waals surface area contributed by atoms with Gasteiger partial charge in [-0.05, 0) is 0 Å². The summed E-state index contributed by atoms with van der Waals surface area (Å²) in [5, 5.41) is 33.0. The third-order valence-electron chi connectivity index (χ3n) is 12.0. The Balaban J connectivity index is 0.886. The number of hydrogen-bond acceptors (Lipinski definition) is 31. The molecule has 16 atom stereocenters. The number of aliphatic hydroxyl groups excluding tert-OH is 3. The minimum Gasteiger partial charge on any atom is -0.387 e. The van der Waals surface area contributed by atoms with Crippen molar-refractivity contribution in [3.63, 3.8) is 0 Å². The standard InChI is InChI=1S/C33H47N17O25P4S/c1-47-9-50(25-15(47)27(55)45-33(37)43-25)29-18(53)19(74-80(3,64)65)11(71-29)6-69-79(62,63)75-77(58,59)46-76(56,57)67-5-12-20(21(66-2)30(72-12)49-7-38-13-22(34)40-31(35)41-23(13)49)73-78(60,61)68-4-10-16(51)17(52)28(70-10)48-8-39-14-24(48)42-32(36)44-26(14)54/h7-12,16-21,28-30,51-53H,4-6H2,1-3H3,(H14-,34,35,36,37,40,41,42,43,44,45,46,54,55,56,57,58,59,60,61,62,63)/p+1/t10-,11-,12-,16-,17-,18-,19-,20-,21-,28-,29-,30-/m1/s1. The second-order valence-electron chi connectivity index (χ2n) is 17.6. The van der Waals surface area contributed by atoms with Crippen LogP contribution in [-0.2, 0) is 81.0 Å². The van der Waals surface area contributed by atoms with Crippen LogP contribution in [0.3, 0.4) is 0 Å². The molecular weight excluding hydrogens is 1190 g/mol. The number of aryl methyl sites for hydroxylation is 1. The molecule has 0 bridgehead atoms.